The van der Waals surface area contributed by atoms with Gasteiger partial charge in [0.25, 0.3) is 11.8 Å². The number of rotatable bonds is 3. The summed E-state index contributed by atoms with van der Waals surface area (Å²) >= 11 is 0. The van der Waals surface area contributed by atoms with Crippen LogP contribution in [0.15, 0.2) is 36.4 Å². The number of methoxy groups -OCH3 is 1. The number of amides is 2. The summed E-state index contributed by atoms with van der Waals surface area (Å²) in [4.78, 5) is 23.7. The van der Waals surface area contributed by atoms with Crippen LogP contribution in [-0.4, -0.2) is 25.5 Å². The van der Waals surface area contributed by atoms with Crippen LogP contribution < -0.4 is 20.1 Å². The third-order valence-corrected chi connectivity index (χ3v) is 3.54. The monoisotopic (exact) mass is 312 g/mol. The molecule has 1 aliphatic rings. The van der Waals surface area contributed by atoms with E-state index in [9.17, 15) is 9.59 Å². The number of carbonyl (C=O) groups is 2. The highest BCUT2D eigenvalue weighted by Gasteiger charge is 2.17. The molecule has 23 heavy (non-hydrogen) atoms. The smallest absolute Gasteiger partial charge is 0.262 e. The average Bonchev–Trinajstić information content (AvgIpc) is 2.54. The number of carbonyl (C=O) groups excluding carboxylic acids is 2. The molecule has 3 rings (SSSR count). The maximum absolute atomic E-state index is 12.3. The van der Waals surface area contributed by atoms with Gasteiger partial charge in [0.15, 0.2) is 6.61 Å². The Morgan fingerprint density at radius 3 is 2.87 bits per heavy atom. The lowest BCUT2D eigenvalue weighted by Gasteiger charge is -2.18. The van der Waals surface area contributed by atoms with Gasteiger partial charge in [0.1, 0.15) is 11.5 Å². The molecule has 6 heteroatoms. The number of hydrogen-bond donors (Lipinski definition) is 2. The number of hydrogen-bond acceptors (Lipinski definition) is 4. The summed E-state index contributed by atoms with van der Waals surface area (Å²) in [6.07, 6.45) is 0. The third kappa shape index (κ3) is 3.11. The Hall–Kier alpha value is -3.02. The molecule has 1 heterocycles. The first kappa shape index (κ1) is 14.9. The topological polar surface area (TPSA) is 76.7 Å². The second-order valence-electron chi connectivity index (χ2n) is 5.19. The summed E-state index contributed by atoms with van der Waals surface area (Å²) in [5, 5.41) is 5.50. The average molecular weight is 312 g/mol. The van der Waals surface area contributed by atoms with Crippen LogP contribution >= 0.6 is 0 Å². The van der Waals surface area contributed by atoms with E-state index in [1.807, 2.05) is 13.0 Å². The van der Waals surface area contributed by atoms with Gasteiger partial charge < -0.3 is 20.1 Å². The highest BCUT2D eigenvalue weighted by Crippen LogP contribution is 2.30. The second-order valence-corrected chi connectivity index (χ2v) is 5.19. The van der Waals surface area contributed by atoms with Gasteiger partial charge in [-0.1, -0.05) is 6.07 Å². The van der Waals surface area contributed by atoms with Gasteiger partial charge in [0, 0.05) is 11.3 Å². The third-order valence-electron chi connectivity index (χ3n) is 3.54. The van der Waals surface area contributed by atoms with Crippen LogP contribution in [0.4, 0.5) is 11.4 Å². The lowest BCUT2D eigenvalue weighted by atomic mass is 10.1. The van der Waals surface area contributed by atoms with Crippen molar-refractivity contribution in [3.05, 3.63) is 47.5 Å². The fourth-order valence-electron chi connectivity index (χ4n) is 2.33. The predicted molar refractivity (Wildman–Crippen MR) is 86.3 cm³/mol. The highest BCUT2D eigenvalue weighted by atomic mass is 16.5. The number of fused-ring (bicyclic) bond motifs is 1. The van der Waals surface area contributed by atoms with E-state index < -0.39 is 0 Å². The van der Waals surface area contributed by atoms with Gasteiger partial charge in [0.05, 0.1) is 12.8 Å². The van der Waals surface area contributed by atoms with E-state index in [-0.39, 0.29) is 18.4 Å². The van der Waals surface area contributed by atoms with Crippen molar-refractivity contribution in [2.24, 2.45) is 0 Å². The molecule has 6 nitrogen and oxygen atoms in total. The van der Waals surface area contributed by atoms with Gasteiger partial charge in [-0.2, -0.15) is 0 Å². The van der Waals surface area contributed by atoms with Crippen LogP contribution in [0.25, 0.3) is 0 Å². The zero-order valence-corrected chi connectivity index (χ0v) is 12.8. The Labute approximate surface area is 133 Å². The molecule has 118 valence electrons. The first-order valence-corrected chi connectivity index (χ1v) is 7.09. The molecule has 0 atom stereocenters. The molecule has 0 aromatic heterocycles. The molecule has 2 aromatic carbocycles. The number of nitrogens with one attached hydrogen (secondary N) is 2. The Morgan fingerprint density at radius 2 is 2.09 bits per heavy atom. The van der Waals surface area contributed by atoms with E-state index in [2.05, 4.69) is 10.6 Å². The molecule has 2 amide bonds. The summed E-state index contributed by atoms with van der Waals surface area (Å²) in [7, 11) is 1.57. The molecule has 1 aliphatic heterocycles. The molecule has 0 spiro atoms. The molecule has 0 radical (unpaired) electrons. The standard InChI is InChI=1S/C17H16N2O4/c1-10-3-4-11(7-15(10)22-2)17(21)18-12-5-6-14-13(8-12)19-16(20)9-23-14/h3-8H,9H2,1-2H3,(H,18,21)(H,19,20). The SMILES string of the molecule is COc1cc(C(=O)Nc2ccc3c(c2)NC(=O)CO3)ccc1C. The summed E-state index contributed by atoms with van der Waals surface area (Å²) < 4.78 is 10.5. The summed E-state index contributed by atoms with van der Waals surface area (Å²) in [6.45, 7) is 1.91. The van der Waals surface area contributed by atoms with Crippen LogP contribution in [0.1, 0.15) is 15.9 Å². The molecule has 0 saturated carbocycles. The highest BCUT2D eigenvalue weighted by molar-refractivity contribution is 6.05. The van der Waals surface area contributed by atoms with E-state index in [4.69, 9.17) is 9.47 Å². The number of ether oxygens (including phenoxy) is 2. The van der Waals surface area contributed by atoms with Crippen LogP contribution in [0.2, 0.25) is 0 Å². The molecular formula is C17H16N2O4. The number of aryl methyl sites for hydroxylation is 1. The Bertz CT molecular complexity index is 786. The lowest BCUT2D eigenvalue weighted by Crippen LogP contribution is -2.25. The van der Waals surface area contributed by atoms with Gasteiger partial charge in [0.2, 0.25) is 0 Å². The summed E-state index contributed by atoms with van der Waals surface area (Å²) in [6, 6.07) is 10.3. The molecule has 2 N–H and O–H groups in total. The number of anilines is 2. The normalized spacial score (nSPS) is 12.7. The minimum absolute atomic E-state index is 0.00185. The fraction of sp³-hybridized carbons (Fsp3) is 0.176. The fourth-order valence-corrected chi connectivity index (χ4v) is 2.33. The Kier molecular flexibility index (Phi) is 3.89. The van der Waals surface area contributed by atoms with Crippen molar-refractivity contribution in [1.29, 1.82) is 0 Å². The van der Waals surface area contributed by atoms with E-state index in [1.54, 1.807) is 37.4 Å². The minimum Gasteiger partial charge on any atom is -0.496 e. The van der Waals surface area contributed by atoms with Crippen LogP contribution in [-0.2, 0) is 4.79 Å². The quantitative estimate of drug-likeness (QED) is 0.913. The molecular weight excluding hydrogens is 296 g/mol. The van der Waals surface area contributed by atoms with Crippen molar-refractivity contribution in [3.63, 3.8) is 0 Å². The first-order chi connectivity index (χ1) is 11.1. The Balaban J connectivity index is 1.80. The molecule has 0 bridgehead atoms. The lowest BCUT2D eigenvalue weighted by molar-refractivity contribution is -0.118. The molecule has 0 saturated heterocycles. The maximum Gasteiger partial charge on any atom is 0.262 e. The second kappa shape index (κ2) is 6.00. The van der Waals surface area contributed by atoms with E-state index in [1.165, 1.54) is 0 Å². The largest absolute Gasteiger partial charge is 0.496 e. The van der Waals surface area contributed by atoms with Gasteiger partial charge in [-0.3, -0.25) is 9.59 Å². The van der Waals surface area contributed by atoms with Crippen molar-refractivity contribution < 1.29 is 19.1 Å². The molecule has 0 fully saturated rings. The summed E-state index contributed by atoms with van der Waals surface area (Å²) in [5.41, 5.74) is 2.56. The Morgan fingerprint density at radius 1 is 1.26 bits per heavy atom. The molecule has 0 unspecified atom stereocenters. The van der Waals surface area contributed by atoms with E-state index in [0.717, 1.165) is 5.56 Å². The van der Waals surface area contributed by atoms with Gasteiger partial charge in [-0.25, -0.2) is 0 Å². The first-order valence-electron chi connectivity index (χ1n) is 7.09. The van der Waals surface area contributed by atoms with Crippen molar-refractivity contribution in [3.8, 4) is 11.5 Å². The van der Waals surface area contributed by atoms with Crippen molar-refractivity contribution in [1.82, 2.24) is 0 Å². The number of benzene rings is 2. The summed E-state index contributed by atoms with van der Waals surface area (Å²) in [5.74, 6) is 0.763. The zero-order valence-electron chi connectivity index (χ0n) is 12.8. The van der Waals surface area contributed by atoms with Crippen molar-refractivity contribution >= 4 is 23.2 Å². The van der Waals surface area contributed by atoms with Crippen LogP contribution in [0.5, 0.6) is 11.5 Å². The maximum atomic E-state index is 12.3. The van der Waals surface area contributed by atoms with E-state index in [0.29, 0.717) is 28.4 Å². The van der Waals surface area contributed by atoms with Gasteiger partial charge in [-0.15, -0.1) is 0 Å². The van der Waals surface area contributed by atoms with Crippen molar-refractivity contribution in [2.45, 2.75) is 6.92 Å². The van der Waals surface area contributed by atoms with Crippen LogP contribution in [0.3, 0.4) is 0 Å². The molecule has 2 aromatic rings. The zero-order chi connectivity index (χ0) is 16.4. The predicted octanol–water partition coefficient (Wildman–Crippen LogP) is 2.59. The molecule has 0 aliphatic carbocycles. The van der Waals surface area contributed by atoms with Crippen molar-refractivity contribution in [2.75, 3.05) is 24.4 Å². The minimum atomic E-state index is -0.258. The van der Waals surface area contributed by atoms with Crippen LogP contribution in [0, 0.1) is 6.92 Å². The van der Waals surface area contributed by atoms with Gasteiger partial charge in [-0.05, 0) is 42.8 Å². The van der Waals surface area contributed by atoms with E-state index >= 15 is 0 Å². The van der Waals surface area contributed by atoms with Gasteiger partial charge >= 0.3 is 0 Å².